The predicted molar refractivity (Wildman–Crippen MR) is 110 cm³/mol. The molecule has 0 radical (unpaired) electrons. The zero-order chi connectivity index (χ0) is 19.8. The number of benzene rings is 2. The lowest BCUT2D eigenvalue weighted by molar-refractivity contribution is -0.119. The van der Waals surface area contributed by atoms with Crippen LogP contribution in [-0.4, -0.2) is 27.2 Å². The Labute approximate surface area is 173 Å². The highest BCUT2D eigenvalue weighted by molar-refractivity contribution is 7.17. The van der Waals surface area contributed by atoms with Crippen molar-refractivity contribution >= 4 is 51.7 Å². The van der Waals surface area contributed by atoms with Crippen LogP contribution in [0.5, 0.6) is 5.75 Å². The summed E-state index contributed by atoms with van der Waals surface area (Å²) >= 11 is 2.41. The van der Waals surface area contributed by atoms with Gasteiger partial charge in [0.15, 0.2) is 6.61 Å². The number of fused-ring (bicyclic) bond motifs is 4. The molecule has 0 fully saturated rings. The Kier molecular flexibility index (Phi) is 4.45. The Morgan fingerprint density at radius 2 is 2.03 bits per heavy atom. The summed E-state index contributed by atoms with van der Waals surface area (Å²) in [6.45, 7) is 0.0186. The summed E-state index contributed by atoms with van der Waals surface area (Å²) in [7, 11) is 0. The molecule has 0 bridgehead atoms. The topological polar surface area (TPSA) is 90.4 Å². The third-order valence-corrected chi connectivity index (χ3v) is 6.15. The predicted octanol–water partition coefficient (Wildman–Crippen LogP) is 4.11. The van der Waals surface area contributed by atoms with Gasteiger partial charge in [-0.3, -0.25) is 4.79 Å². The number of hydrogen-bond acceptors (Lipinski definition) is 8. The van der Waals surface area contributed by atoms with Crippen LogP contribution >= 0.6 is 23.1 Å². The van der Waals surface area contributed by atoms with E-state index in [2.05, 4.69) is 14.1 Å². The smallest absolute Gasteiger partial charge is 0.348 e. The van der Waals surface area contributed by atoms with Crippen LogP contribution in [0.4, 0.5) is 5.69 Å². The molecule has 0 spiro atoms. The Morgan fingerprint density at radius 1 is 1.14 bits per heavy atom. The van der Waals surface area contributed by atoms with E-state index in [0.29, 0.717) is 28.2 Å². The fourth-order valence-electron chi connectivity index (χ4n) is 3.10. The molecule has 9 heteroatoms. The number of amides is 1. The monoisotopic (exact) mass is 423 g/mol. The fraction of sp³-hybridized carbons (Fsp3) is 0.100. The van der Waals surface area contributed by atoms with Crippen LogP contribution in [0, 0.1) is 0 Å². The number of aromatic nitrogens is 2. The summed E-state index contributed by atoms with van der Waals surface area (Å²) in [5.41, 5.74) is 3.75. The van der Waals surface area contributed by atoms with Crippen molar-refractivity contribution in [3.05, 3.63) is 59.0 Å². The van der Waals surface area contributed by atoms with Crippen LogP contribution in [0.2, 0.25) is 0 Å². The molecule has 1 aliphatic rings. The molecule has 1 aliphatic heterocycles. The maximum absolute atomic E-state index is 12.4. The molecule has 2 aromatic carbocycles. The molecule has 0 aliphatic carbocycles. The van der Waals surface area contributed by atoms with E-state index in [1.54, 1.807) is 18.2 Å². The number of para-hydroxylation sites is 1. The third-order valence-electron chi connectivity index (χ3n) is 4.42. The Hall–Kier alpha value is -3.30. The van der Waals surface area contributed by atoms with Crippen molar-refractivity contribution in [1.29, 1.82) is 0 Å². The maximum Gasteiger partial charge on any atom is 0.348 e. The zero-order valence-corrected chi connectivity index (χ0v) is 16.5. The van der Waals surface area contributed by atoms with Crippen LogP contribution in [0.25, 0.3) is 21.5 Å². The molecule has 29 heavy (non-hydrogen) atoms. The van der Waals surface area contributed by atoms with E-state index in [1.165, 1.54) is 11.3 Å². The van der Waals surface area contributed by atoms with E-state index in [4.69, 9.17) is 9.47 Å². The summed E-state index contributed by atoms with van der Waals surface area (Å²) in [4.78, 5) is 26.1. The largest absolute Gasteiger partial charge is 0.488 e. The molecule has 0 saturated heterocycles. The standard InChI is InChI=1S/C20H13N3O4S2/c24-17(21-13-5-3-6-14-18(13)23-29-22-14)10-27-20(25)16-8-11-9-26-15-7-2-1-4-12(15)19(11)28-16/h1-8H,9-10H2,(H,21,24). The second-order valence-electron chi connectivity index (χ2n) is 6.31. The second-order valence-corrected chi connectivity index (χ2v) is 7.89. The average molecular weight is 423 g/mol. The van der Waals surface area contributed by atoms with Gasteiger partial charge < -0.3 is 14.8 Å². The molecule has 3 heterocycles. The molecule has 1 N–H and O–H groups in total. The van der Waals surface area contributed by atoms with Crippen LogP contribution < -0.4 is 10.1 Å². The highest BCUT2D eigenvalue weighted by Gasteiger charge is 2.23. The van der Waals surface area contributed by atoms with Gasteiger partial charge in [0.05, 0.1) is 17.4 Å². The molecule has 0 unspecified atom stereocenters. The number of nitrogens with zero attached hydrogens (tertiary/aromatic N) is 2. The summed E-state index contributed by atoms with van der Waals surface area (Å²) in [5, 5.41) is 2.71. The van der Waals surface area contributed by atoms with Gasteiger partial charge in [0.1, 0.15) is 28.3 Å². The summed E-state index contributed by atoms with van der Waals surface area (Å²) in [6.07, 6.45) is 0. The first kappa shape index (κ1) is 17.8. The van der Waals surface area contributed by atoms with Gasteiger partial charge in [-0.25, -0.2) is 4.79 Å². The SMILES string of the molecule is O=C(COC(=O)c1cc2c(s1)-c1ccccc1OC2)Nc1cccc2nsnc12. The van der Waals surface area contributed by atoms with Gasteiger partial charge in [-0.05, 0) is 30.3 Å². The van der Waals surface area contributed by atoms with Gasteiger partial charge in [-0.2, -0.15) is 8.75 Å². The number of carbonyl (C=O) groups is 2. The number of carbonyl (C=O) groups excluding carboxylic acids is 2. The first-order chi connectivity index (χ1) is 14.2. The molecule has 4 aromatic rings. The molecule has 1 amide bonds. The fourth-order valence-corrected chi connectivity index (χ4v) is 4.74. The zero-order valence-electron chi connectivity index (χ0n) is 14.9. The number of thiophene rings is 1. The Bertz CT molecular complexity index is 1250. The van der Waals surface area contributed by atoms with Gasteiger partial charge in [0.2, 0.25) is 0 Å². The van der Waals surface area contributed by atoms with Gasteiger partial charge in [-0.1, -0.05) is 18.2 Å². The summed E-state index contributed by atoms with van der Waals surface area (Å²) in [6, 6.07) is 14.8. The van der Waals surface area contributed by atoms with E-state index >= 15 is 0 Å². The number of nitrogens with one attached hydrogen (secondary N) is 1. The van der Waals surface area contributed by atoms with Crippen molar-refractivity contribution in [1.82, 2.24) is 8.75 Å². The number of esters is 1. The van der Waals surface area contributed by atoms with Crippen molar-refractivity contribution in [3.8, 4) is 16.2 Å². The molecular weight excluding hydrogens is 410 g/mol. The summed E-state index contributed by atoms with van der Waals surface area (Å²) < 4.78 is 19.2. The van der Waals surface area contributed by atoms with Gasteiger partial charge >= 0.3 is 5.97 Å². The van der Waals surface area contributed by atoms with Crippen molar-refractivity contribution in [2.24, 2.45) is 0 Å². The van der Waals surface area contributed by atoms with Gasteiger partial charge in [-0.15, -0.1) is 11.3 Å². The first-order valence-corrected chi connectivity index (χ1v) is 10.3. The molecule has 144 valence electrons. The molecule has 0 atom stereocenters. The Morgan fingerprint density at radius 3 is 2.97 bits per heavy atom. The summed E-state index contributed by atoms with van der Waals surface area (Å²) in [5.74, 6) is -0.175. The van der Waals surface area contributed by atoms with Crippen molar-refractivity contribution in [3.63, 3.8) is 0 Å². The molecule has 5 rings (SSSR count). The normalized spacial score (nSPS) is 12.0. The van der Waals surface area contributed by atoms with Crippen molar-refractivity contribution < 1.29 is 19.1 Å². The van der Waals surface area contributed by atoms with E-state index in [-0.39, 0.29) is 6.61 Å². The quantitative estimate of drug-likeness (QED) is 0.497. The van der Waals surface area contributed by atoms with E-state index < -0.39 is 11.9 Å². The lowest BCUT2D eigenvalue weighted by Crippen LogP contribution is -2.20. The minimum absolute atomic E-state index is 0.386. The molecule has 0 saturated carbocycles. The van der Waals surface area contributed by atoms with Gasteiger partial charge in [0, 0.05) is 16.0 Å². The van der Waals surface area contributed by atoms with Crippen LogP contribution in [0.3, 0.4) is 0 Å². The minimum atomic E-state index is -0.537. The lowest BCUT2D eigenvalue weighted by atomic mass is 10.1. The second kappa shape index (κ2) is 7.26. The van der Waals surface area contributed by atoms with E-state index in [0.717, 1.165) is 33.5 Å². The van der Waals surface area contributed by atoms with Crippen LogP contribution in [0.15, 0.2) is 48.5 Å². The van der Waals surface area contributed by atoms with Gasteiger partial charge in [0.25, 0.3) is 5.91 Å². The Balaban J connectivity index is 1.27. The average Bonchev–Trinajstić information content (AvgIpc) is 3.39. The number of anilines is 1. The number of rotatable bonds is 4. The highest BCUT2D eigenvalue weighted by Crippen LogP contribution is 2.42. The van der Waals surface area contributed by atoms with Crippen LogP contribution in [0.1, 0.15) is 15.2 Å². The molecule has 7 nitrogen and oxygen atoms in total. The number of ether oxygens (including phenoxy) is 2. The van der Waals surface area contributed by atoms with Crippen molar-refractivity contribution in [2.45, 2.75) is 6.61 Å². The van der Waals surface area contributed by atoms with E-state index in [1.807, 2.05) is 30.3 Å². The highest BCUT2D eigenvalue weighted by atomic mass is 32.1. The first-order valence-electron chi connectivity index (χ1n) is 8.72. The lowest BCUT2D eigenvalue weighted by Gasteiger charge is -2.16. The molecular formula is C20H13N3O4S2. The molecule has 2 aromatic heterocycles. The third kappa shape index (κ3) is 3.34. The van der Waals surface area contributed by atoms with Crippen molar-refractivity contribution in [2.75, 3.05) is 11.9 Å². The number of hydrogen-bond donors (Lipinski definition) is 1. The maximum atomic E-state index is 12.4. The van der Waals surface area contributed by atoms with E-state index in [9.17, 15) is 9.59 Å². The minimum Gasteiger partial charge on any atom is -0.488 e. The van der Waals surface area contributed by atoms with Crippen LogP contribution in [-0.2, 0) is 16.1 Å².